The number of nitrogens with zero attached hydrogens (tertiary/aromatic N) is 2. The molecule has 3 saturated heterocycles. The molecular formula is C36H44BrN3O7. The number of likely N-dealkylation sites (tertiary alicyclic amines) is 1. The van der Waals surface area contributed by atoms with Gasteiger partial charge in [0.05, 0.1) is 37.1 Å². The van der Waals surface area contributed by atoms with Gasteiger partial charge in [0, 0.05) is 23.5 Å². The summed E-state index contributed by atoms with van der Waals surface area (Å²) in [6.07, 6.45) is 3.05. The number of hydrogen-bond acceptors (Lipinski definition) is 7. The highest BCUT2D eigenvalue weighted by Crippen LogP contribution is 2.61. The van der Waals surface area contributed by atoms with E-state index in [4.69, 9.17) is 9.47 Å². The molecule has 3 fully saturated rings. The first-order chi connectivity index (χ1) is 22.5. The summed E-state index contributed by atoms with van der Waals surface area (Å²) in [5, 5.41) is 15.3. The average Bonchev–Trinajstić information content (AvgIpc) is 3.64. The van der Waals surface area contributed by atoms with E-state index in [1.165, 1.54) is 4.90 Å². The number of rotatable bonds is 14. The molecule has 0 aromatic heterocycles. The SMILES string of the molecule is C=CCCC(=O)NC[C@@H](C)OC(=O)[C@H]1[C@@H]2O[C@@]3(CC2Br)[C@@H]1C(=O)N([C@@H](CO)C(C)C)[C@@H]3C(=O)N(CC=C)c1ccc2ccccc2c1. The minimum absolute atomic E-state index is 0.108. The van der Waals surface area contributed by atoms with Gasteiger partial charge in [0.2, 0.25) is 11.8 Å². The molecule has 1 spiro atoms. The minimum Gasteiger partial charge on any atom is -0.460 e. The van der Waals surface area contributed by atoms with Crippen LogP contribution >= 0.6 is 15.9 Å². The zero-order chi connectivity index (χ0) is 34.0. The molecule has 3 aliphatic rings. The number of fused-ring (bicyclic) bond motifs is 2. The van der Waals surface area contributed by atoms with Gasteiger partial charge in [0.25, 0.3) is 5.91 Å². The Balaban J connectivity index is 1.50. The molecule has 47 heavy (non-hydrogen) atoms. The second-order valence-electron chi connectivity index (χ2n) is 13.1. The van der Waals surface area contributed by atoms with Gasteiger partial charge in [-0.15, -0.1) is 13.2 Å². The number of hydrogen-bond donors (Lipinski definition) is 2. The molecule has 1 unspecified atom stereocenters. The lowest BCUT2D eigenvalue weighted by molar-refractivity contribution is -0.159. The van der Waals surface area contributed by atoms with Crippen molar-refractivity contribution < 1.29 is 33.8 Å². The quantitative estimate of drug-likeness (QED) is 0.172. The monoisotopic (exact) mass is 709 g/mol. The highest BCUT2D eigenvalue weighted by Gasteiger charge is 2.77. The maximum Gasteiger partial charge on any atom is 0.312 e. The summed E-state index contributed by atoms with van der Waals surface area (Å²) in [5.74, 6) is -3.77. The Morgan fingerprint density at radius 1 is 1.17 bits per heavy atom. The van der Waals surface area contributed by atoms with Crippen LogP contribution in [-0.2, 0) is 28.7 Å². The lowest BCUT2D eigenvalue weighted by Crippen LogP contribution is -2.60. The van der Waals surface area contributed by atoms with Crippen molar-refractivity contribution >= 4 is 56.1 Å². The number of benzene rings is 2. The van der Waals surface area contributed by atoms with Gasteiger partial charge >= 0.3 is 5.97 Å². The maximum absolute atomic E-state index is 14.9. The van der Waals surface area contributed by atoms with Crippen LogP contribution in [0.1, 0.15) is 40.0 Å². The van der Waals surface area contributed by atoms with Gasteiger partial charge < -0.3 is 29.7 Å². The summed E-state index contributed by atoms with van der Waals surface area (Å²) in [4.78, 5) is 58.2. The molecule has 252 valence electrons. The van der Waals surface area contributed by atoms with Crippen LogP contribution < -0.4 is 10.2 Å². The van der Waals surface area contributed by atoms with Crippen molar-refractivity contribution in [2.75, 3.05) is 24.6 Å². The number of ether oxygens (including phenoxy) is 2. The van der Waals surface area contributed by atoms with E-state index < -0.39 is 53.6 Å². The molecule has 2 N–H and O–H groups in total. The van der Waals surface area contributed by atoms with Gasteiger partial charge in [-0.25, -0.2) is 0 Å². The lowest BCUT2D eigenvalue weighted by Gasteiger charge is -2.40. The Morgan fingerprint density at radius 3 is 2.55 bits per heavy atom. The molecule has 10 nitrogen and oxygen atoms in total. The Kier molecular flexibility index (Phi) is 10.6. The molecule has 8 atom stereocenters. The molecule has 3 heterocycles. The second kappa shape index (κ2) is 14.3. The number of halogens is 1. The van der Waals surface area contributed by atoms with Crippen LogP contribution in [0, 0.1) is 17.8 Å². The van der Waals surface area contributed by atoms with E-state index in [0.717, 1.165) is 10.8 Å². The number of anilines is 1. The van der Waals surface area contributed by atoms with E-state index in [2.05, 4.69) is 34.4 Å². The van der Waals surface area contributed by atoms with E-state index in [1.54, 1.807) is 24.0 Å². The van der Waals surface area contributed by atoms with Crippen molar-refractivity contribution in [1.29, 1.82) is 0 Å². The van der Waals surface area contributed by atoms with Gasteiger partial charge in [-0.2, -0.15) is 0 Å². The summed E-state index contributed by atoms with van der Waals surface area (Å²) in [7, 11) is 0. The topological polar surface area (TPSA) is 125 Å². The number of allylic oxidation sites excluding steroid dienone is 1. The fourth-order valence-corrected chi connectivity index (χ4v) is 8.38. The third-order valence-electron chi connectivity index (χ3n) is 9.65. The fraction of sp³-hybridized carbons (Fsp3) is 0.500. The summed E-state index contributed by atoms with van der Waals surface area (Å²) in [6, 6.07) is 11.8. The molecule has 0 aliphatic carbocycles. The zero-order valence-electron chi connectivity index (χ0n) is 27.1. The molecule has 3 aliphatic heterocycles. The molecule has 2 aromatic rings. The van der Waals surface area contributed by atoms with E-state index in [9.17, 15) is 24.3 Å². The van der Waals surface area contributed by atoms with Gasteiger partial charge in [-0.1, -0.05) is 72.3 Å². The first-order valence-corrected chi connectivity index (χ1v) is 17.1. The molecule has 0 radical (unpaired) electrons. The molecule has 5 rings (SSSR count). The Hall–Kier alpha value is -3.54. The maximum atomic E-state index is 14.9. The van der Waals surface area contributed by atoms with Crippen LogP contribution in [-0.4, -0.2) is 88.1 Å². The van der Waals surface area contributed by atoms with Crippen molar-refractivity contribution in [1.82, 2.24) is 10.2 Å². The van der Waals surface area contributed by atoms with Crippen LogP contribution in [0.5, 0.6) is 0 Å². The van der Waals surface area contributed by atoms with E-state index in [0.29, 0.717) is 18.5 Å². The summed E-state index contributed by atoms with van der Waals surface area (Å²) in [5.41, 5.74) is -0.703. The molecule has 2 bridgehead atoms. The van der Waals surface area contributed by atoms with E-state index in [-0.39, 0.29) is 48.7 Å². The van der Waals surface area contributed by atoms with Crippen molar-refractivity contribution in [3.63, 3.8) is 0 Å². The number of aliphatic hydroxyl groups is 1. The Morgan fingerprint density at radius 2 is 1.89 bits per heavy atom. The largest absolute Gasteiger partial charge is 0.460 e. The van der Waals surface area contributed by atoms with Crippen molar-refractivity contribution in [2.45, 2.75) is 74.8 Å². The van der Waals surface area contributed by atoms with Crippen molar-refractivity contribution in [2.24, 2.45) is 17.8 Å². The number of carbonyl (C=O) groups is 4. The van der Waals surface area contributed by atoms with Crippen LogP contribution in [0.4, 0.5) is 5.69 Å². The fourth-order valence-electron chi connectivity index (χ4n) is 7.44. The van der Waals surface area contributed by atoms with Crippen molar-refractivity contribution in [3.05, 3.63) is 67.8 Å². The van der Waals surface area contributed by atoms with Crippen LogP contribution in [0.2, 0.25) is 0 Å². The van der Waals surface area contributed by atoms with Crippen LogP contribution in [0.15, 0.2) is 67.8 Å². The predicted molar refractivity (Wildman–Crippen MR) is 183 cm³/mol. The number of aliphatic hydroxyl groups excluding tert-OH is 1. The van der Waals surface area contributed by atoms with E-state index >= 15 is 0 Å². The standard InChI is InChI=1S/C36H44BrN3O7/c1-6-8-13-28(42)38-19-22(5)46-35(45)29-30-33(43)40(27(20-41)21(3)4)32(36(30)18-26(37)31(29)47-36)34(44)39(16-7-2)25-15-14-23-11-9-10-12-24(23)17-25/h6-7,9-12,14-15,17,21-22,26-27,29-32,41H,1-2,8,13,16,18-20H2,3-5H3,(H,38,42)/t22-,26?,27+,29-,30+,31-,32-,36+/m1/s1. The Labute approximate surface area is 284 Å². The van der Waals surface area contributed by atoms with Gasteiger partial charge in [-0.3, -0.25) is 19.2 Å². The van der Waals surface area contributed by atoms with Gasteiger partial charge in [0.1, 0.15) is 17.7 Å². The van der Waals surface area contributed by atoms with Gasteiger partial charge in [0.15, 0.2) is 0 Å². The number of nitrogens with one attached hydrogen (secondary N) is 1. The summed E-state index contributed by atoms with van der Waals surface area (Å²) >= 11 is 3.70. The highest BCUT2D eigenvalue weighted by molar-refractivity contribution is 9.09. The van der Waals surface area contributed by atoms with Crippen molar-refractivity contribution in [3.8, 4) is 0 Å². The number of esters is 1. The normalized spacial score (nSPS) is 27.4. The second-order valence-corrected chi connectivity index (χ2v) is 14.2. The first kappa shape index (κ1) is 34.8. The third kappa shape index (κ3) is 6.37. The molecular weight excluding hydrogens is 666 g/mol. The lowest BCUT2D eigenvalue weighted by atomic mass is 9.70. The number of alkyl halides is 1. The van der Waals surface area contributed by atoms with Crippen LogP contribution in [0.3, 0.4) is 0 Å². The average molecular weight is 711 g/mol. The van der Waals surface area contributed by atoms with Crippen LogP contribution in [0.25, 0.3) is 10.8 Å². The number of amides is 3. The molecule has 2 aromatic carbocycles. The Bertz CT molecular complexity index is 1550. The molecule has 11 heteroatoms. The smallest absolute Gasteiger partial charge is 0.312 e. The number of carbonyl (C=O) groups excluding carboxylic acids is 4. The molecule has 0 saturated carbocycles. The van der Waals surface area contributed by atoms with Gasteiger partial charge in [-0.05, 0) is 48.6 Å². The zero-order valence-corrected chi connectivity index (χ0v) is 28.7. The predicted octanol–water partition coefficient (Wildman–Crippen LogP) is 4.14. The molecule has 3 amide bonds. The first-order valence-electron chi connectivity index (χ1n) is 16.2. The highest BCUT2D eigenvalue weighted by atomic mass is 79.9. The summed E-state index contributed by atoms with van der Waals surface area (Å²) < 4.78 is 12.5. The summed E-state index contributed by atoms with van der Waals surface area (Å²) in [6.45, 7) is 12.9. The van der Waals surface area contributed by atoms with E-state index in [1.807, 2.05) is 56.3 Å². The minimum atomic E-state index is -1.34. The third-order valence-corrected chi connectivity index (χ3v) is 10.5.